The number of hydrogen-bond acceptors (Lipinski definition) is 3. The molecule has 0 aliphatic heterocycles. The zero-order valence-electron chi connectivity index (χ0n) is 10.2. The van der Waals surface area contributed by atoms with Gasteiger partial charge in [0.2, 0.25) is 0 Å². The van der Waals surface area contributed by atoms with Crippen LogP contribution in [0.15, 0.2) is 18.2 Å². The van der Waals surface area contributed by atoms with Crippen molar-refractivity contribution in [3.05, 3.63) is 28.8 Å². The Hall–Kier alpha value is -1.24. The molecule has 0 saturated heterocycles. The molecule has 1 rings (SSSR count). The molecule has 1 N–H and O–H groups in total. The van der Waals surface area contributed by atoms with E-state index in [0.717, 1.165) is 13.0 Å². The predicted molar refractivity (Wildman–Crippen MR) is 70.4 cm³/mol. The topological polar surface area (TPSA) is 45.0 Å². The van der Waals surface area contributed by atoms with Gasteiger partial charge in [-0.15, -0.1) is 0 Å². The Labute approximate surface area is 107 Å². The highest BCUT2D eigenvalue weighted by atomic mass is 35.5. The minimum absolute atomic E-state index is 0.255. The summed E-state index contributed by atoms with van der Waals surface area (Å²) in [5.41, 5.74) is 1.28. The monoisotopic (exact) mass is 252 g/mol. The van der Waals surface area contributed by atoms with Gasteiger partial charge in [0.25, 0.3) is 0 Å². The smallest absolute Gasteiger partial charge is 0.101 e. The van der Waals surface area contributed by atoms with Gasteiger partial charge in [-0.25, -0.2) is 0 Å². The zero-order valence-corrected chi connectivity index (χ0v) is 10.9. The van der Waals surface area contributed by atoms with Crippen molar-refractivity contribution in [3.63, 3.8) is 0 Å². The highest BCUT2D eigenvalue weighted by Gasteiger charge is 2.05. The van der Waals surface area contributed by atoms with E-state index in [9.17, 15) is 0 Å². The van der Waals surface area contributed by atoms with E-state index in [4.69, 9.17) is 21.6 Å². The summed E-state index contributed by atoms with van der Waals surface area (Å²) in [4.78, 5) is 0. The molecule has 17 heavy (non-hydrogen) atoms. The molecular weight excluding hydrogens is 236 g/mol. The van der Waals surface area contributed by atoms with Crippen LogP contribution >= 0.6 is 11.6 Å². The van der Waals surface area contributed by atoms with Crippen LogP contribution in [0, 0.1) is 11.3 Å². The quantitative estimate of drug-likeness (QED) is 0.789. The molecule has 0 saturated carbocycles. The Morgan fingerprint density at radius 1 is 1.47 bits per heavy atom. The number of nitrogens with zero attached hydrogens (tertiary/aromatic N) is 1. The molecular formula is C13H17ClN2O. The lowest BCUT2D eigenvalue weighted by atomic mass is 10.2. The van der Waals surface area contributed by atoms with Gasteiger partial charge in [-0.1, -0.05) is 17.7 Å². The first kappa shape index (κ1) is 13.8. The molecule has 1 aromatic rings. The van der Waals surface area contributed by atoms with Crippen molar-refractivity contribution in [1.82, 2.24) is 0 Å². The lowest BCUT2D eigenvalue weighted by Crippen LogP contribution is -2.10. The number of para-hydroxylation sites is 1. The number of ether oxygens (including phenoxy) is 1. The Kier molecular flexibility index (Phi) is 5.82. The van der Waals surface area contributed by atoms with E-state index in [1.807, 2.05) is 13.8 Å². The maximum absolute atomic E-state index is 8.95. The molecule has 0 spiro atoms. The maximum Gasteiger partial charge on any atom is 0.101 e. The average Bonchev–Trinajstić information content (AvgIpc) is 2.30. The predicted octanol–water partition coefficient (Wildman–Crippen LogP) is 3.44. The summed E-state index contributed by atoms with van der Waals surface area (Å²) in [6.45, 7) is 5.46. The van der Waals surface area contributed by atoms with Crippen molar-refractivity contribution in [1.29, 1.82) is 5.26 Å². The van der Waals surface area contributed by atoms with Gasteiger partial charge in [0, 0.05) is 13.2 Å². The Morgan fingerprint density at radius 2 is 2.24 bits per heavy atom. The zero-order chi connectivity index (χ0) is 12.7. The Balaban J connectivity index is 2.44. The average molecular weight is 253 g/mol. The third kappa shape index (κ3) is 4.64. The molecule has 0 atom stereocenters. The fraction of sp³-hybridized carbons (Fsp3) is 0.462. The Morgan fingerprint density at radius 3 is 2.88 bits per heavy atom. The van der Waals surface area contributed by atoms with Gasteiger partial charge >= 0.3 is 0 Å². The van der Waals surface area contributed by atoms with Crippen LogP contribution in [0.3, 0.4) is 0 Å². The molecule has 0 fully saturated rings. The molecule has 0 heterocycles. The summed E-state index contributed by atoms with van der Waals surface area (Å²) in [7, 11) is 0. The second-order valence-corrected chi connectivity index (χ2v) is 4.38. The highest BCUT2D eigenvalue weighted by Crippen LogP contribution is 2.25. The van der Waals surface area contributed by atoms with E-state index < -0.39 is 0 Å². The van der Waals surface area contributed by atoms with Crippen LogP contribution in [0.25, 0.3) is 0 Å². The summed E-state index contributed by atoms with van der Waals surface area (Å²) >= 11 is 6.03. The maximum atomic E-state index is 8.95. The number of nitriles is 1. The van der Waals surface area contributed by atoms with Gasteiger partial charge in [-0.2, -0.15) is 5.26 Å². The second-order valence-electron chi connectivity index (χ2n) is 3.97. The second kappa shape index (κ2) is 7.16. The number of halogens is 1. The number of benzene rings is 1. The fourth-order valence-corrected chi connectivity index (χ4v) is 1.64. The van der Waals surface area contributed by atoms with Crippen LogP contribution < -0.4 is 5.32 Å². The fourth-order valence-electron chi connectivity index (χ4n) is 1.40. The van der Waals surface area contributed by atoms with E-state index in [2.05, 4.69) is 11.4 Å². The summed E-state index contributed by atoms with van der Waals surface area (Å²) < 4.78 is 5.43. The largest absolute Gasteiger partial charge is 0.383 e. The van der Waals surface area contributed by atoms with Crippen LogP contribution in [0.2, 0.25) is 5.02 Å². The molecule has 3 nitrogen and oxygen atoms in total. The van der Waals surface area contributed by atoms with Crippen molar-refractivity contribution >= 4 is 17.3 Å². The first-order valence-electron chi connectivity index (χ1n) is 5.69. The van der Waals surface area contributed by atoms with E-state index in [-0.39, 0.29) is 6.10 Å². The molecule has 0 amide bonds. The van der Waals surface area contributed by atoms with Gasteiger partial charge in [0.1, 0.15) is 6.07 Å². The van der Waals surface area contributed by atoms with Gasteiger partial charge in [-0.3, -0.25) is 0 Å². The number of anilines is 1. The molecule has 0 aliphatic carbocycles. The van der Waals surface area contributed by atoms with Crippen LogP contribution in [0.4, 0.5) is 5.69 Å². The van der Waals surface area contributed by atoms with Gasteiger partial charge in [0.05, 0.1) is 22.4 Å². The van der Waals surface area contributed by atoms with Crippen molar-refractivity contribution in [2.45, 2.75) is 26.4 Å². The third-order valence-corrected chi connectivity index (χ3v) is 2.52. The first-order chi connectivity index (χ1) is 8.15. The summed E-state index contributed by atoms with van der Waals surface area (Å²) in [5.74, 6) is 0. The summed E-state index contributed by atoms with van der Waals surface area (Å²) in [6.07, 6.45) is 1.14. The molecule has 0 unspecified atom stereocenters. The number of rotatable bonds is 6. The van der Waals surface area contributed by atoms with Gasteiger partial charge in [-0.05, 0) is 32.4 Å². The molecule has 92 valence electrons. The number of hydrogen-bond donors (Lipinski definition) is 1. The minimum atomic E-state index is 0.255. The minimum Gasteiger partial charge on any atom is -0.383 e. The van der Waals surface area contributed by atoms with Crippen molar-refractivity contribution in [2.24, 2.45) is 0 Å². The van der Waals surface area contributed by atoms with Crippen LogP contribution in [-0.2, 0) is 4.74 Å². The van der Waals surface area contributed by atoms with E-state index >= 15 is 0 Å². The lowest BCUT2D eigenvalue weighted by Gasteiger charge is -2.11. The summed E-state index contributed by atoms with van der Waals surface area (Å²) in [5, 5.41) is 12.7. The van der Waals surface area contributed by atoms with Crippen molar-refractivity contribution in [3.8, 4) is 6.07 Å². The van der Waals surface area contributed by atoms with E-state index in [1.54, 1.807) is 18.2 Å². The highest BCUT2D eigenvalue weighted by molar-refractivity contribution is 6.33. The molecule has 1 aromatic carbocycles. The van der Waals surface area contributed by atoms with Crippen LogP contribution in [0.1, 0.15) is 25.8 Å². The van der Waals surface area contributed by atoms with Crippen molar-refractivity contribution in [2.75, 3.05) is 18.5 Å². The Bertz CT molecular complexity index is 399. The van der Waals surface area contributed by atoms with Crippen LogP contribution in [0.5, 0.6) is 0 Å². The SMILES string of the molecule is CC(C)OCCCNc1c(Cl)cccc1C#N. The number of nitrogens with one attached hydrogen (secondary N) is 1. The van der Waals surface area contributed by atoms with Crippen molar-refractivity contribution < 1.29 is 4.74 Å². The van der Waals surface area contributed by atoms with Gasteiger partial charge < -0.3 is 10.1 Å². The molecule has 0 radical (unpaired) electrons. The molecule has 4 heteroatoms. The standard InChI is InChI=1S/C13H17ClN2O/c1-10(2)17-8-4-7-16-13-11(9-15)5-3-6-12(13)14/h3,5-6,10,16H,4,7-8H2,1-2H3. The first-order valence-corrected chi connectivity index (χ1v) is 6.07. The third-order valence-electron chi connectivity index (χ3n) is 2.21. The molecule has 0 aliphatic rings. The van der Waals surface area contributed by atoms with E-state index in [1.165, 1.54) is 0 Å². The van der Waals surface area contributed by atoms with E-state index in [0.29, 0.717) is 22.9 Å². The molecule has 0 bridgehead atoms. The summed E-state index contributed by atoms with van der Waals surface area (Å²) in [6, 6.07) is 7.41. The van der Waals surface area contributed by atoms with Crippen LogP contribution in [-0.4, -0.2) is 19.3 Å². The molecule has 0 aromatic heterocycles. The normalized spacial score (nSPS) is 10.3. The van der Waals surface area contributed by atoms with Gasteiger partial charge in [0.15, 0.2) is 0 Å². The lowest BCUT2D eigenvalue weighted by molar-refractivity contribution is 0.0787.